The maximum Gasteiger partial charge on any atom is 0.325 e. The van der Waals surface area contributed by atoms with Crippen LogP contribution in [-0.4, -0.2) is 65.9 Å². The Hall–Kier alpha value is -2.73. The average Bonchev–Trinajstić information content (AvgIpc) is 2.57. The highest BCUT2D eigenvalue weighted by Crippen LogP contribution is 2.02. The van der Waals surface area contributed by atoms with Crippen LogP contribution >= 0.6 is 0 Å². The van der Waals surface area contributed by atoms with Crippen LogP contribution in [0.1, 0.15) is 32.6 Å². The van der Waals surface area contributed by atoms with Gasteiger partial charge in [-0.25, -0.2) is 0 Å². The number of rotatable bonds is 13. The van der Waals surface area contributed by atoms with Crippen LogP contribution < -0.4 is 33.2 Å². The Morgan fingerprint density at radius 1 is 1.04 bits per heavy atom. The molecule has 10 N–H and O–H groups in total. The van der Waals surface area contributed by atoms with E-state index < -0.39 is 54.3 Å². The molecule has 12 nitrogen and oxygen atoms in total. The third-order valence-electron chi connectivity index (χ3n) is 3.51. The molecule has 0 rings (SSSR count). The molecular weight excluding hydrogens is 360 g/mol. The molecule has 0 spiro atoms. The first-order chi connectivity index (χ1) is 12.6. The molecule has 0 radical (unpaired) electrons. The quantitative estimate of drug-likeness (QED) is 0.156. The predicted octanol–water partition coefficient (Wildman–Crippen LogP) is -3.49. The second-order valence-electron chi connectivity index (χ2n) is 5.97. The van der Waals surface area contributed by atoms with E-state index in [0.717, 1.165) is 0 Å². The van der Waals surface area contributed by atoms with Crippen molar-refractivity contribution in [2.75, 3.05) is 13.1 Å². The van der Waals surface area contributed by atoms with Crippen LogP contribution in [0.25, 0.3) is 0 Å². The number of carbonyl (C=O) groups excluding carboxylic acids is 4. The molecule has 0 saturated heterocycles. The normalized spacial score (nSPS) is 13.7. The van der Waals surface area contributed by atoms with E-state index in [1.165, 1.54) is 6.92 Å². The summed E-state index contributed by atoms with van der Waals surface area (Å²) >= 11 is 0. The van der Waals surface area contributed by atoms with E-state index in [1.807, 2.05) is 0 Å². The van der Waals surface area contributed by atoms with E-state index in [4.69, 9.17) is 22.3 Å². The summed E-state index contributed by atoms with van der Waals surface area (Å²) in [5, 5.41) is 15.6. The molecule has 3 atom stereocenters. The number of carbonyl (C=O) groups is 5. The van der Waals surface area contributed by atoms with Crippen LogP contribution in [0.2, 0.25) is 0 Å². The summed E-state index contributed by atoms with van der Waals surface area (Å²) in [5.74, 6) is -4.05. The van der Waals surface area contributed by atoms with Gasteiger partial charge in [0, 0.05) is 0 Å². The fraction of sp³-hybridized carbons (Fsp3) is 0.667. The molecule has 0 aromatic rings. The second-order valence-corrected chi connectivity index (χ2v) is 5.97. The fourth-order valence-corrected chi connectivity index (χ4v) is 1.99. The van der Waals surface area contributed by atoms with Crippen molar-refractivity contribution in [3.05, 3.63) is 0 Å². The standard InChI is InChI=1S/C15H28N6O6/c1-8(15(26)27)20-12(23)7-19-14(25)10(4-2-3-5-16)21-13(24)9(17)6-11(18)22/h8-10H,2-7,16-17H2,1H3,(H2,18,22)(H,19,25)(H,20,23)(H,21,24)(H,26,27). The van der Waals surface area contributed by atoms with Gasteiger partial charge >= 0.3 is 5.97 Å². The summed E-state index contributed by atoms with van der Waals surface area (Å²) in [5.41, 5.74) is 15.9. The molecular formula is C15H28N6O6. The first-order valence-electron chi connectivity index (χ1n) is 8.42. The molecule has 0 aromatic carbocycles. The number of unbranched alkanes of at least 4 members (excludes halogenated alkanes) is 1. The topological polar surface area (TPSA) is 220 Å². The van der Waals surface area contributed by atoms with Crippen molar-refractivity contribution < 1.29 is 29.1 Å². The van der Waals surface area contributed by atoms with Crippen molar-refractivity contribution in [2.45, 2.75) is 50.7 Å². The summed E-state index contributed by atoms with van der Waals surface area (Å²) in [6, 6.07) is -3.30. The number of hydrogen-bond donors (Lipinski definition) is 7. The lowest BCUT2D eigenvalue weighted by Crippen LogP contribution is -2.53. The average molecular weight is 388 g/mol. The Morgan fingerprint density at radius 3 is 2.19 bits per heavy atom. The lowest BCUT2D eigenvalue weighted by molar-refractivity contribution is -0.141. The second kappa shape index (κ2) is 12.6. The highest BCUT2D eigenvalue weighted by Gasteiger charge is 2.25. The van der Waals surface area contributed by atoms with Gasteiger partial charge in [0.25, 0.3) is 0 Å². The number of nitrogens with one attached hydrogen (secondary N) is 3. The van der Waals surface area contributed by atoms with E-state index in [-0.39, 0.29) is 12.8 Å². The fourth-order valence-electron chi connectivity index (χ4n) is 1.99. The Bertz CT molecular complexity index is 555. The molecule has 3 unspecified atom stereocenters. The molecule has 0 aliphatic rings. The van der Waals surface area contributed by atoms with Gasteiger partial charge in [0.1, 0.15) is 12.1 Å². The molecule has 154 valence electrons. The third-order valence-corrected chi connectivity index (χ3v) is 3.51. The number of hydrogen-bond acceptors (Lipinski definition) is 7. The van der Waals surface area contributed by atoms with E-state index in [2.05, 4.69) is 16.0 Å². The van der Waals surface area contributed by atoms with Crippen molar-refractivity contribution in [2.24, 2.45) is 17.2 Å². The highest BCUT2D eigenvalue weighted by atomic mass is 16.4. The molecule has 0 aliphatic heterocycles. The molecule has 0 fully saturated rings. The summed E-state index contributed by atoms with van der Waals surface area (Å²) in [6.45, 7) is 1.21. The van der Waals surface area contributed by atoms with Gasteiger partial charge < -0.3 is 38.3 Å². The van der Waals surface area contributed by atoms with Crippen LogP contribution in [-0.2, 0) is 24.0 Å². The van der Waals surface area contributed by atoms with E-state index in [9.17, 15) is 24.0 Å². The zero-order valence-corrected chi connectivity index (χ0v) is 15.2. The number of carboxylic acids is 1. The Labute approximate surface area is 156 Å². The van der Waals surface area contributed by atoms with Gasteiger partial charge in [0.05, 0.1) is 19.0 Å². The van der Waals surface area contributed by atoms with Gasteiger partial charge in [-0.1, -0.05) is 0 Å². The van der Waals surface area contributed by atoms with Crippen LogP contribution in [0.5, 0.6) is 0 Å². The lowest BCUT2D eigenvalue weighted by atomic mass is 10.1. The number of primary amides is 1. The number of aliphatic carboxylic acids is 1. The first kappa shape index (κ1) is 24.3. The molecule has 0 saturated carbocycles. The third kappa shape index (κ3) is 10.8. The maximum absolute atomic E-state index is 12.3. The van der Waals surface area contributed by atoms with Crippen LogP contribution in [0.15, 0.2) is 0 Å². The molecule has 0 heterocycles. The van der Waals surface area contributed by atoms with Gasteiger partial charge in [-0.15, -0.1) is 0 Å². The van der Waals surface area contributed by atoms with Crippen molar-refractivity contribution >= 4 is 29.6 Å². The van der Waals surface area contributed by atoms with Crippen LogP contribution in [0, 0.1) is 0 Å². The van der Waals surface area contributed by atoms with Gasteiger partial charge in [-0.3, -0.25) is 24.0 Å². The van der Waals surface area contributed by atoms with Gasteiger partial charge in [0.2, 0.25) is 23.6 Å². The summed E-state index contributed by atoms with van der Waals surface area (Å²) in [7, 11) is 0. The molecule has 12 heteroatoms. The molecule has 0 bridgehead atoms. The van der Waals surface area contributed by atoms with Crippen LogP contribution in [0.4, 0.5) is 0 Å². The van der Waals surface area contributed by atoms with E-state index in [0.29, 0.717) is 19.4 Å². The first-order valence-corrected chi connectivity index (χ1v) is 8.42. The monoisotopic (exact) mass is 388 g/mol. The van der Waals surface area contributed by atoms with Crippen LogP contribution in [0.3, 0.4) is 0 Å². The van der Waals surface area contributed by atoms with Gasteiger partial charge in [-0.05, 0) is 32.7 Å². The smallest absolute Gasteiger partial charge is 0.325 e. The zero-order chi connectivity index (χ0) is 21.0. The van der Waals surface area contributed by atoms with E-state index >= 15 is 0 Å². The summed E-state index contributed by atoms with van der Waals surface area (Å²) < 4.78 is 0. The largest absolute Gasteiger partial charge is 0.480 e. The van der Waals surface area contributed by atoms with Gasteiger partial charge in [0.15, 0.2) is 0 Å². The number of carboxylic acid groups (broad SMARTS) is 1. The molecule has 0 aromatic heterocycles. The van der Waals surface area contributed by atoms with Crippen molar-refractivity contribution in [3.8, 4) is 0 Å². The van der Waals surface area contributed by atoms with Crippen molar-refractivity contribution in [1.29, 1.82) is 0 Å². The van der Waals surface area contributed by atoms with Crippen molar-refractivity contribution in [1.82, 2.24) is 16.0 Å². The minimum atomic E-state index is -1.22. The molecule has 0 aliphatic carbocycles. The predicted molar refractivity (Wildman–Crippen MR) is 94.9 cm³/mol. The number of nitrogens with two attached hydrogens (primary N) is 3. The van der Waals surface area contributed by atoms with Crippen molar-refractivity contribution in [3.63, 3.8) is 0 Å². The highest BCUT2D eigenvalue weighted by molar-refractivity contribution is 5.93. The SMILES string of the molecule is CC(NC(=O)CNC(=O)C(CCCCN)NC(=O)C(N)CC(N)=O)C(=O)O. The summed E-state index contributed by atoms with van der Waals surface area (Å²) in [4.78, 5) is 57.4. The minimum absolute atomic E-state index is 0.241. The maximum atomic E-state index is 12.3. The Morgan fingerprint density at radius 2 is 1.67 bits per heavy atom. The van der Waals surface area contributed by atoms with Gasteiger partial charge in [-0.2, -0.15) is 0 Å². The van der Waals surface area contributed by atoms with E-state index in [1.54, 1.807) is 0 Å². The molecule has 27 heavy (non-hydrogen) atoms. The lowest BCUT2D eigenvalue weighted by Gasteiger charge is -2.20. The number of amides is 4. The Balaban J connectivity index is 4.73. The zero-order valence-electron chi connectivity index (χ0n) is 15.2. The Kier molecular flexibility index (Phi) is 11.3. The molecule has 4 amide bonds. The summed E-state index contributed by atoms with van der Waals surface area (Å²) in [6.07, 6.45) is 1.01. The minimum Gasteiger partial charge on any atom is -0.480 e.